The standard InChI is InChI=1S/C33H35ClN4O2S/c1-4-39-25-11-8-23(9-12-25)29-14-15-30(40-29)32-31(27-7-5-6-16-35-27)36-33(41)38(32)24-10-13-28(26(34)18-24)37-19-21(2)17-22(3)20-37/h5-16,18,21-22,31-32H,4,17,19-20H2,1-3H3,(H,36,41)/t21-,22+,31-,32+/m1/s1. The molecule has 4 atom stereocenters. The summed E-state index contributed by atoms with van der Waals surface area (Å²) in [7, 11) is 0. The highest BCUT2D eigenvalue weighted by Crippen LogP contribution is 2.44. The summed E-state index contributed by atoms with van der Waals surface area (Å²) in [5.41, 5.74) is 3.85. The maximum Gasteiger partial charge on any atom is 0.174 e. The van der Waals surface area contributed by atoms with Crippen LogP contribution >= 0.6 is 23.8 Å². The van der Waals surface area contributed by atoms with Gasteiger partial charge in [0.15, 0.2) is 5.11 Å². The number of halogens is 1. The molecular weight excluding hydrogens is 552 g/mol. The number of benzene rings is 2. The van der Waals surface area contributed by atoms with E-state index < -0.39 is 0 Å². The van der Waals surface area contributed by atoms with Gasteiger partial charge in [0.05, 0.1) is 29.1 Å². The number of nitrogens with zero attached hydrogens (tertiary/aromatic N) is 3. The Morgan fingerprint density at radius 1 is 1.02 bits per heavy atom. The van der Waals surface area contributed by atoms with Crippen LogP contribution in [0.3, 0.4) is 0 Å². The number of nitrogens with one attached hydrogen (secondary N) is 1. The Labute approximate surface area is 252 Å². The Balaban J connectivity index is 1.35. The fraction of sp³-hybridized carbons (Fsp3) is 0.333. The molecule has 6 rings (SSSR count). The van der Waals surface area contributed by atoms with Gasteiger partial charge in [-0.25, -0.2) is 0 Å². The van der Waals surface area contributed by atoms with Crippen molar-refractivity contribution in [3.63, 3.8) is 0 Å². The number of rotatable bonds is 7. The van der Waals surface area contributed by atoms with Crippen molar-refractivity contribution in [2.45, 2.75) is 39.3 Å². The fourth-order valence-electron chi connectivity index (χ4n) is 6.23. The maximum atomic E-state index is 6.97. The molecule has 2 aromatic carbocycles. The van der Waals surface area contributed by atoms with E-state index in [-0.39, 0.29) is 12.1 Å². The van der Waals surface area contributed by atoms with Gasteiger partial charge in [0.2, 0.25) is 0 Å². The summed E-state index contributed by atoms with van der Waals surface area (Å²) in [6, 6.07) is 23.7. The molecule has 4 heterocycles. The Hall–Kier alpha value is -3.55. The van der Waals surface area contributed by atoms with Crippen molar-refractivity contribution in [2.24, 2.45) is 11.8 Å². The van der Waals surface area contributed by atoms with Crippen LogP contribution in [0.4, 0.5) is 11.4 Å². The molecule has 212 valence electrons. The van der Waals surface area contributed by atoms with E-state index in [1.165, 1.54) is 6.42 Å². The molecule has 0 unspecified atom stereocenters. The van der Waals surface area contributed by atoms with Gasteiger partial charge in [0.25, 0.3) is 0 Å². The van der Waals surface area contributed by atoms with E-state index in [1.54, 1.807) is 6.20 Å². The lowest BCUT2D eigenvalue weighted by Gasteiger charge is -2.37. The van der Waals surface area contributed by atoms with E-state index in [0.717, 1.165) is 58.0 Å². The van der Waals surface area contributed by atoms with Gasteiger partial charge >= 0.3 is 0 Å². The van der Waals surface area contributed by atoms with Crippen molar-refractivity contribution in [3.05, 3.63) is 95.5 Å². The van der Waals surface area contributed by atoms with Crippen molar-refractivity contribution in [3.8, 4) is 17.1 Å². The quantitative estimate of drug-likeness (QED) is 0.220. The number of thiocarbonyl (C=S) groups is 1. The number of aromatic nitrogens is 1. The molecule has 8 heteroatoms. The molecule has 4 aromatic rings. The third-order valence-electron chi connectivity index (χ3n) is 7.89. The van der Waals surface area contributed by atoms with Crippen molar-refractivity contribution in [1.29, 1.82) is 0 Å². The summed E-state index contributed by atoms with van der Waals surface area (Å²) < 4.78 is 12.1. The highest BCUT2D eigenvalue weighted by molar-refractivity contribution is 7.80. The lowest BCUT2D eigenvalue weighted by molar-refractivity contribution is 0.340. The zero-order valence-corrected chi connectivity index (χ0v) is 25.2. The van der Waals surface area contributed by atoms with Gasteiger partial charge in [0, 0.05) is 30.5 Å². The molecule has 6 nitrogen and oxygen atoms in total. The summed E-state index contributed by atoms with van der Waals surface area (Å²) in [5.74, 6) is 3.68. The zero-order valence-electron chi connectivity index (χ0n) is 23.6. The second-order valence-electron chi connectivity index (χ2n) is 11.1. The Kier molecular flexibility index (Phi) is 7.91. The number of anilines is 2. The molecular formula is C33H35ClN4O2S. The second-order valence-corrected chi connectivity index (χ2v) is 11.9. The molecule has 2 aliphatic heterocycles. The molecule has 2 saturated heterocycles. The number of ether oxygens (including phenoxy) is 1. The van der Waals surface area contributed by atoms with Crippen molar-refractivity contribution < 1.29 is 9.15 Å². The SMILES string of the molecule is CCOc1ccc(-c2ccc([C@H]3[C@@H](c4ccccn4)NC(=S)N3c3ccc(N4C[C@H](C)C[C@H](C)C4)c(Cl)c3)o2)cc1. The molecule has 2 aromatic heterocycles. The van der Waals surface area contributed by atoms with Gasteiger partial charge in [-0.1, -0.05) is 31.5 Å². The first kappa shape index (κ1) is 27.6. The van der Waals surface area contributed by atoms with Gasteiger partial charge in [-0.15, -0.1) is 0 Å². The minimum Gasteiger partial charge on any atom is -0.494 e. The number of piperidine rings is 1. The first-order chi connectivity index (χ1) is 19.9. The smallest absolute Gasteiger partial charge is 0.174 e. The Morgan fingerprint density at radius 2 is 1.80 bits per heavy atom. The normalized spacial score (nSPS) is 22.6. The number of hydrogen-bond acceptors (Lipinski definition) is 5. The van der Waals surface area contributed by atoms with E-state index in [9.17, 15) is 0 Å². The Bertz CT molecular complexity index is 1500. The van der Waals surface area contributed by atoms with Crippen LogP contribution in [-0.4, -0.2) is 29.8 Å². The molecule has 2 aliphatic rings. The lowest BCUT2D eigenvalue weighted by Crippen LogP contribution is -2.38. The van der Waals surface area contributed by atoms with Gasteiger partial charge in [-0.05, 0) is 104 Å². The van der Waals surface area contributed by atoms with Crippen LogP contribution in [0.2, 0.25) is 5.02 Å². The highest BCUT2D eigenvalue weighted by atomic mass is 35.5. The third-order valence-corrected chi connectivity index (χ3v) is 8.50. The van der Waals surface area contributed by atoms with Crippen molar-refractivity contribution in [1.82, 2.24) is 10.3 Å². The van der Waals surface area contributed by atoms with Gasteiger partial charge in [-0.2, -0.15) is 0 Å². The van der Waals surface area contributed by atoms with Gasteiger partial charge in [0.1, 0.15) is 23.3 Å². The maximum absolute atomic E-state index is 6.97. The van der Waals surface area contributed by atoms with Crippen LogP contribution in [0.1, 0.15) is 50.7 Å². The van der Waals surface area contributed by atoms with E-state index in [2.05, 4.69) is 46.1 Å². The Morgan fingerprint density at radius 3 is 2.49 bits per heavy atom. The molecule has 0 bridgehead atoms. The average molecular weight is 587 g/mol. The first-order valence-corrected chi connectivity index (χ1v) is 15.1. The third kappa shape index (κ3) is 5.66. The molecule has 0 aliphatic carbocycles. The van der Waals surface area contributed by atoms with Crippen molar-refractivity contribution in [2.75, 3.05) is 29.5 Å². The van der Waals surface area contributed by atoms with Crippen LogP contribution in [0.15, 0.2) is 83.4 Å². The average Bonchev–Trinajstić information content (AvgIpc) is 3.58. The monoisotopic (exact) mass is 586 g/mol. The minimum atomic E-state index is -0.259. The molecule has 0 saturated carbocycles. The largest absolute Gasteiger partial charge is 0.494 e. The summed E-state index contributed by atoms with van der Waals surface area (Å²) in [6.07, 6.45) is 3.05. The number of pyridine rings is 1. The van der Waals surface area contributed by atoms with Crippen LogP contribution in [-0.2, 0) is 0 Å². The summed E-state index contributed by atoms with van der Waals surface area (Å²) in [5, 5.41) is 4.84. The molecule has 2 fully saturated rings. The second kappa shape index (κ2) is 11.7. The van der Waals surface area contributed by atoms with Crippen LogP contribution in [0.25, 0.3) is 11.3 Å². The molecule has 0 radical (unpaired) electrons. The van der Waals surface area contributed by atoms with Gasteiger partial charge in [-0.3, -0.25) is 4.98 Å². The number of furan rings is 1. The van der Waals surface area contributed by atoms with Gasteiger partial charge < -0.3 is 24.3 Å². The summed E-state index contributed by atoms with van der Waals surface area (Å²) in [4.78, 5) is 9.18. The van der Waals surface area contributed by atoms with Crippen molar-refractivity contribution >= 4 is 40.3 Å². The lowest BCUT2D eigenvalue weighted by atomic mass is 9.91. The fourth-order valence-corrected chi connectivity index (χ4v) is 6.87. The van der Waals surface area contributed by atoms with E-state index in [0.29, 0.717) is 23.6 Å². The highest BCUT2D eigenvalue weighted by Gasteiger charge is 2.43. The van der Waals surface area contributed by atoms with E-state index in [1.807, 2.05) is 67.6 Å². The predicted octanol–water partition coefficient (Wildman–Crippen LogP) is 8.05. The molecule has 0 spiro atoms. The van der Waals surface area contributed by atoms with Crippen LogP contribution in [0, 0.1) is 11.8 Å². The topological polar surface area (TPSA) is 53.8 Å². The van der Waals surface area contributed by atoms with E-state index >= 15 is 0 Å². The summed E-state index contributed by atoms with van der Waals surface area (Å²) >= 11 is 12.9. The molecule has 1 N–H and O–H groups in total. The van der Waals surface area contributed by atoms with Crippen LogP contribution < -0.4 is 19.9 Å². The summed E-state index contributed by atoms with van der Waals surface area (Å²) in [6.45, 7) is 9.26. The minimum absolute atomic E-state index is 0.203. The molecule has 41 heavy (non-hydrogen) atoms. The zero-order chi connectivity index (χ0) is 28.5. The molecule has 0 amide bonds. The van der Waals surface area contributed by atoms with E-state index in [4.69, 9.17) is 33.0 Å². The first-order valence-electron chi connectivity index (χ1n) is 14.3. The van der Waals surface area contributed by atoms with Crippen LogP contribution in [0.5, 0.6) is 5.75 Å². The number of hydrogen-bond donors (Lipinski definition) is 1. The predicted molar refractivity (Wildman–Crippen MR) is 170 cm³/mol.